The van der Waals surface area contributed by atoms with Gasteiger partial charge in [0.15, 0.2) is 0 Å². The number of imide groups is 1. The zero-order valence-electron chi connectivity index (χ0n) is 11.9. The first-order valence-electron chi connectivity index (χ1n) is 6.87. The van der Waals surface area contributed by atoms with Crippen molar-refractivity contribution in [3.05, 3.63) is 17.0 Å². The lowest BCUT2D eigenvalue weighted by Crippen LogP contribution is -2.55. The van der Waals surface area contributed by atoms with Gasteiger partial charge in [0.1, 0.15) is 5.54 Å². The summed E-state index contributed by atoms with van der Waals surface area (Å²) >= 11 is 0. The minimum absolute atomic E-state index is 0.0849. The normalized spacial score (nSPS) is 20.6. The van der Waals surface area contributed by atoms with Crippen molar-refractivity contribution in [1.29, 1.82) is 0 Å². The Kier molecular flexibility index (Phi) is 2.96. The number of carbonyl (C=O) groups excluding carboxylic acids is 3. The van der Waals surface area contributed by atoms with Gasteiger partial charge in [-0.25, -0.2) is 4.79 Å². The van der Waals surface area contributed by atoms with Crippen LogP contribution in [0.15, 0.2) is 0 Å². The minimum Gasteiger partial charge on any atom is -0.338 e. The molecule has 4 amide bonds. The van der Waals surface area contributed by atoms with Gasteiger partial charge in [-0.3, -0.25) is 20.0 Å². The van der Waals surface area contributed by atoms with Gasteiger partial charge in [0.25, 0.3) is 11.8 Å². The largest absolute Gasteiger partial charge is 0.338 e. The zero-order chi connectivity index (χ0) is 15.2. The van der Waals surface area contributed by atoms with Gasteiger partial charge in [0.2, 0.25) is 0 Å². The van der Waals surface area contributed by atoms with E-state index in [1.165, 1.54) is 0 Å². The molecule has 0 saturated carbocycles. The van der Waals surface area contributed by atoms with Gasteiger partial charge in [-0.05, 0) is 26.7 Å². The number of urea groups is 1. The third-order valence-electron chi connectivity index (χ3n) is 4.26. The number of piperidine rings is 1. The molecule has 3 heterocycles. The number of aromatic amines is 1. The van der Waals surface area contributed by atoms with Gasteiger partial charge in [-0.2, -0.15) is 5.10 Å². The average molecular weight is 291 g/mol. The molecule has 2 aliphatic heterocycles. The number of H-pyrrole nitrogens is 1. The molecule has 1 spiro atoms. The van der Waals surface area contributed by atoms with Gasteiger partial charge in [-0.1, -0.05) is 0 Å². The second-order valence-corrected chi connectivity index (χ2v) is 5.59. The van der Waals surface area contributed by atoms with E-state index in [1.54, 1.807) is 11.8 Å². The Balaban J connectivity index is 1.73. The predicted octanol–water partition coefficient (Wildman–Crippen LogP) is -0.159. The van der Waals surface area contributed by atoms with Crippen molar-refractivity contribution in [2.75, 3.05) is 13.1 Å². The molecule has 1 aromatic heterocycles. The summed E-state index contributed by atoms with van der Waals surface area (Å²) in [5.74, 6) is -0.381. The fourth-order valence-corrected chi connectivity index (χ4v) is 3.00. The number of hydrogen-bond acceptors (Lipinski definition) is 4. The van der Waals surface area contributed by atoms with Crippen LogP contribution in [0, 0.1) is 13.8 Å². The smallest absolute Gasteiger partial charge is 0.322 e. The Morgan fingerprint density at radius 2 is 1.90 bits per heavy atom. The van der Waals surface area contributed by atoms with E-state index in [9.17, 15) is 14.4 Å². The molecule has 3 rings (SSSR count). The van der Waals surface area contributed by atoms with Crippen LogP contribution in [0.2, 0.25) is 0 Å². The van der Waals surface area contributed by atoms with E-state index >= 15 is 0 Å². The van der Waals surface area contributed by atoms with Crippen molar-refractivity contribution in [3.63, 3.8) is 0 Å². The van der Waals surface area contributed by atoms with Crippen molar-refractivity contribution in [1.82, 2.24) is 25.7 Å². The van der Waals surface area contributed by atoms with Crippen LogP contribution in [-0.4, -0.2) is 51.6 Å². The van der Waals surface area contributed by atoms with E-state index in [0.717, 1.165) is 5.69 Å². The standard InChI is InChI=1S/C13H17N5O3/c1-7-9(8(2)17-16-7)10(19)18-5-3-13(4-6-18)11(20)14-12(21)15-13/h3-6H2,1-2H3,(H,16,17)(H2,14,15,20,21). The average Bonchev–Trinajstić information content (AvgIpc) is 2.90. The van der Waals surface area contributed by atoms with Gasteiger partial charge < -0.3 is 10.2 Å². The van der Waals surface area contributed by atoms with Crippen LogP contribution >= 0.6 is 0 Å². The number of amides is 4. The van der Waals surface area contributed by atoms with Crippen LogP contribution in [0.1, 0.15) is 34.6 Å². The summed E-state index contributed by atoms with van der Waals surface area (Å²) in [6.07, 6.45) is 0.846. The summed E-state index contributed by atoms with van der Waals surface area (Å²) in [7, 11) is 0. The molecule has 3 N–H and O–H groups in total. The Morgan fingerprint density at radius 1 is 1.24 bits per heavy atom. The van der Waals surface area contributed by atoms with Crippen LogP contribution < -0.4 is 10.6 Å². The van der Waals surface area contributed by atoms with Gasteiger partial charge >= 0.3 is 6.03 Å². The van der Waals surface area contributed by atoms with E-state index in [4.69, 9.17) is 0 Å². The monoisotopic (exact) mass is 291 g/mol. The highest BCUT2D eigenvalue weighted by Gasteiger charge is 2.48. The highest BCUT2D eigenvalue weighted by atomic mass is 16.2. The summed E-state index contributed by atoms with van der Waals surface area (Å²) in [6, 6.07) is -0.457. The molecule has 21 heavy (non-hydrogen) atoms. The van der Waals surface area contributed by atoms with E-state index in [2.05, 4.69) is 20.8 Å². The van der Waals surface area contributed by atoms with Gasteiger partial charge in [-0.15, -0.1) is 0 Å². The number of likely N-dealkylation sites (tertiary alicyclic amines) is 1. The number of carbonyl (C=O) groups is 3. The van der Waals surface area contributed by atoms with Crippen LogP contribution in [-0.2, 0) is 4.79 Å². The third kappa shape index (κ3) is 2.07. The van der Waals surface area contributed by atoms with Crippen molar-refractivity contribution >= 4 is 17.8 Å². The molecule has 0 radical (unpaired) electrons. The number of hydrogen-bond donors (Lipinski definition) is 3. The predicted molar refractivity (Wildman–Crippen MR) is 72.6 cm³/mol. The Labute approximate surface area is 121 Å². The summed E-state index contributed by atoms with van der Waals surface area (Å²) in [5.41, 5.74) is 1.15. The molecule has 0 aliphatic carbocycles. The van der Waals surface area contributed by atoms with E-state index < -0.39 is 11.6 Å². The molecule has 2 fully saturated rings. The number of aromatic nitrogens is 2. The number of nitrogens with zero attached hydrogens (tertiary/aromatic N) is 2. The topological polar surface area (TPSA) is 107 Å². The second-order valence-electron chi connectivity index (χ2n) is 5.59. The SMILES string of the molecule is Cc1n[nH]c(C)c1C(=O)N1CCC2(CC1)NC(=O)NC2=O. The molecular formula is C13H17N5O3. The van der Waals surface area contributed by atoms with E-state index in [1.807, 2.05) is 6.92 Å². The molecule has 112 valence electrons. The maximum Gasteiger partial charge on any atom is 0.322 e. The third-order valence-corrected chi connectivity index (χ3v) is 4.26. The molecule has 1 aromatic rings. The molecule has 0 atom stereocenters. The molecular weight excluding hydrogens is 274 g/mol. The first kappa shape index (κ1) is 13.6. The van der Waals surface area contributed by atoms with Gasteiger partial charge in [0, 0.05) is 18.8 Å². The lowest BCUT2D eigenvalue weighted by Gasteiger charge is -2.37. The van der Waals surface area contributed by atoms with Crippen LogP contribution in [0.3, 0.4) is 0 Å². The summed E-state index contributed by atoms with van der Waals surface area (Å²) < 4.78 is 0. The quantitative estimate of drug-likeness (QED) is 0.625. The lowest BCUT2D eigenvalue weighted by atomic mass is 9.87. The molecule has 0 aromatic carbocycles. The molecule has 0 unspecified atom stereocenters. The van der Waals surface area contributed by atoms with Crippen LogP contribution in [0.5, 0.6) is 0 Å². The second kappa shape index (κ2) is 4.57. The minimum atomic E-state index is -0.853. The number of rotatable bonds is 1. The maximum absolute atomic E-state index is 12.5. The van der Waals surface area contributed by atoms with Crippen molar-refractivity contribution in [2.24, 2.45) is 0 Å². The van der Waals surface area contributed by atoms with E-state index in [0.29, 0.717) is 37.2 Å². The number of aryl methyl sites for hydroxylation is 2. The fourth-order valence-electron chi connectivity index (χ4n) is 3.00. The van der Waals surface area contributed by atoms with Crippen molar-refractivity contribution < 1.29 is 14.4 Å². The van der Waals surface area contributed by atoms with Crippen LogP contribution in [0.25, 0.3) is 0 Å². The van der Waals surface area contributed by atoms with Crippen molar-refractivity contribution in [2.45, 2.75) is 32.2 Å². The summed E-state index contributed by atoms with van der Waals surface area (Å²) in [5, 5.41) is 11.8. The maximum atomic E-state index is 12.5. The Hall–Kier alpha value is -2.38. The zero-order valence-corrected chi connectivity index (χ0v) is 11.9. The molecule has 2 saturated heterocycles. The Morgan fingerprint density at radius 3 is 2.38 bits per heavy atom. The first-order chi connectivity index (χ1) is 9.93. The fraction of sp³-hybridized carbons (Fsp3) is 0.538. The lowest BCUT2D eigenvalue weighted by molar-refractivity contribution is -0.125. The van der Waals surface area contributed by atoms with Crippen molar-refractivity contribution in [3.8, 4) is 0 Å². The van der Waals surface area contributed by atoms with Gasteiger partial charge in [0.05, 0.1) is 11.3 Å². The highest BCUT2D eigenvalue weighted by molar-refractivity contribution is 6.07. The summed E-state index contributed by atoms with van der Waals surface area (Å²) in [4.78, 5) is 37.4. The molecule has 8 heteroatoms. The molecule has 8 nitrogen and oxygen atoms in total. The van der Waals surface area contributed by atoms with E-state index in [-0.39, 0.29) is 11.8 Å². The Bertz CT molecular complexity index is 608. The molecule has 2 aliphatic rings. The molecule has 0 bridgehead atoms. The highest BCUT2D eigenvalue weighted by Crippen LogP contribution is 2.27. The summed E-state index contributed by atoms with van der Waals surface area (Å²) in [6.45, 7) is 4.45. The first-order valence-corrected chi connectivity index (χ1v) is 6.87. The number of nitrogens with one attached hydrogen (secondary N) is 3. The van der Waals surface area contributed by atoms with Crippen LogP contribution in [0.4, 0.5) is 4.79 Å².